The molecule has 4 radical (unpaired) electrons. The molecule has 5 rings (SSSR count). The average Bonchev–Trinajstić information content (AvgIpc) is 3.39. The molecule has 2 nitrogen and oxygen atoms in total. The summed E-state index contributed by atoms with van der Waals surface area (Å²) in [4.78, 5) is 2.38. The fraction of sp³-hybridized carbons (Fsp3) is 0.600. The van der Waals surface area contributed by atoms with Gasteiger partial charge in [-0.15, -0.1) is 0 Å². The van der Waals surface area contributed by atoms with Crippen LogP contribution in [0.25, 0.3) is 0 Å². The van der Waals surface area contributed by atoms with Crippen molar-refractivity contribution in [1.82, 2.24) is 4.81 Å². The molecule has 0 bridgehead atoms. The first kappa shape index (κ1) is 28.0. The van der Waals surface area contributed by atoms with Gasteiger partial charge in [0.25, 0.3) is 0 Å². The lowest BCUT2D eigenvalue weighted by Gasteiger charge is -2.45. The fourth-order valence-corrected chi connectivity index (χ4v) is 16.4. The van der Waals surface area contributed by atoms with Crippen LogP contribution in [-0.2, 0) is 0 Å². The number of benzene rings is 2. The summed E-state index contributed by atoms with van der Waals surface area (Å²) < 4.78 is 0. The maximum atomic E-state index is 11.0. The Morgan fingerprint density at radius 1 is 0.757 bits per heavy atom. The summed E-state index contributed by atoms with van der Waals surface area (Å²) in [6.07, 6.45) is 15.5. The van der Waals surface area contributed by atoms with Gasteiger partial charge in [0, 0.05) is 26.1 Å². The molecule has 3 aliphatic rings. The molecule has 2 saturated carbocycles. The topological polar surface area (TPSA) is 23.5 Å². The Balaban J connectivity index is 1.47. The van der Waals surface area contributed by atoms with E-state index < -0.39 is 21.3 Å². The van der Waals surface area contributed by atoms with Gasteiger partial charge in [-0.2, -0.15) is 0 Å². The largest absolute Gasteiger partial charge is 0.437 e. The SMILES string of the molecule is [B][P+](C[C@@H]1C[C@H]([P+]([B])(C2CCCCC2)C2CCCCC2)CN1B(C)O)(c1ccccc1)c1ccccc1. The minimum Gasteiger partial charge on any atom is -0.437 e. The zero-order valence-electron chi connectivity index (χ0n) is 22.8. The van der Waals surface area contributed by atoms with Gasteiger partial charge in [-0.1, -0.05) is 49.2 Å². The zero-order valence-corrected chi connectivity index (χ0v) is 24.6. The van der Waals surface area contributed by atoms with Crippen molar-refractivity contribution < 1.29 is 5.02 Å². The van der Waals surface area contributed by atoms with Crippen molar-refractivity contribution >= 4 is 47.1 Å². The van der Waals surface area contributed by atoms with Gasteiger partial charge in [0.15, 0.2) is 0 Å². The van der Waals surface area contributed by atoms with Crippen molar-refractivity contribution in [3.8, 4) is 0 Å². The Hall–Kier alpha value is -0.585. The molecular formula is C30H44B3NOP2+2. The lowest BCUT2D eigenvalue weighted by molar-refractivity contribution is 0.365. The summed E-state index contributed by atoms with van der Waals surface area (Å²) in [6.45, 7) is 2.90. The maximum absolute atomic E-state index is 11.0. The molecule has 1 aliphatic heterocycles. The van der Waals surface area contributed by atoms with E-state index in [1.165, 1.54) is 74.8 Å². The van der Waals surface area contributed by atoms with Crippen molar-refractivity contribution in [3.63, 3.8) is 0 Å². The molecule has 1 N–H and O–H groups in total. The van der Waals surface area contributed by atoms with Crippen LogP contribution in [0.1, 0.15) is 70.6 Å². The van der Waals surface area contributed by atoms with E-state index in [9.17, 15) is 5.02 Å². The van der Waals surface area contributed by atoms with Gasteiger partial charge in [0.1, 0.15) is 0 Å². The van der Waals surface area contributed by atoms with E-state index in [2.05, 4.69) is 65.5 Å². The fourth-order valence-electron chi connectivity index (χ4n) is 7.91. The predicted octanol–water partition coefficient (Wildman–Crippen LogP) is 6.06. The summed E-state index contributed by atoms with van der Waals surface area (Å²) in [5, 5.41) is 13.5. The lowest BCUT2D eigenvalue weighted by atomic mass is 9.84. The Kier molecular flexibility index (Phi) is 9.29. The van der Waals surface area contributed by atoms with Crippen LogP contribution in [0, 0.1) is 0 Å². The quantitative estimate of drug-likeness (QED) is 0.332. The van der Waals surface area contributed by atoms with Crippen LogP contribution >= 0.6 is 14.3 Å². The second-order valence-electron chi connectivity index (χ2n) is 12.1. The third-order valence-corrected chi connectivity index (χ3v) is 18.5. The molecule has 0 amide bonds. The standard InChI is InChI=1S/C30H44B3NOP2/c1-33(35)34-23-30(37(32,28-18-10-4-11-19-28)29-20-12-5-13-21-29)22-25(34)24-36(31,26-14-6-2-7-15-26)27-16-8-3-9-17-27/h2-3,6-9,14-17,25,28-30,35H,4-5,10-13,18-24H2,1H3/q+2/t25-,30-/m0/s1. The minimum atomic E-state index is -2.12. The van der Waals surface area contributed by atoms with Crippen molar-refractivity contribution in [2.45, 2.75) is 100 Å². The van der Waals surface area contributed by atoms with Gasteiger partial charge >= 0.3 is 22.2 Å². The van der Waals surface area contributed by atoms with Gasteiger partial charge in [-0.25, -0.2) is 0 Å². The highest BCUT2D eigenvalue weighted by Gasteiger charge is 2.58. The first-order valence-corrected chi connectivity index (χ1v) is 18.9. The summed E-state index contributed by atoms with van der Waals surface area (Å²) in [6, 6.07) is 21.7. The Morgan fingerprint density at radius 3 is 1.65 bits per heavy atom. The first-order valence-electron chi connectivity index (χ1n) is 14.8. The van der Waals surface area contributed by atoms with Crippen molar-refractivity contribution in [2.75, 3.05) is 12.7 Å². The first-order chi connectivity index (χ1) is 17.9. The molecule has 0 unspecified atom stereocenters. The Bertz CT molecular complexity index is 925. The smallest absolute Gasteiger partial charge is 0.377 e. The number of nitrogens with zero attached hydrogens (tertiary/aromatic N) is 1. The average molecular weight is 529 g/mol. The lowest BCUT2D eigenvalue weighted by Crippen LogP contribution is -2.45. The third kappa shape index (κ3) is 5.82. The van der Waals surface area contributed by atoms with Crippen LogP contribution in [0.4, 0.5) is 0 Å². The molecule has 192 valence electrons. The molecule has 1 heterocycles. The third-order valence-electron chi connectivity index (χ3n) is 9.89. The summed E-state index contributed by atoms with van der Waals surface area (Å²) in [7, 11) is 11.1. The van der Waals surface area contributed by atoms with Gasteiger partial charge in [0.05, 0.1) is 33.7 Å². The normalized spacial score (nSPS) is 24.8. The van der Waals surface area contributed by atoms with Crippen LogP contribution in [0.15, 0.2) is 60.7 Å². The molecular weight excluding hydrogens is 485 g/mol. The number of hydrogen-bond donors (Lipinski definition) is 1. The molecule has 7 heteroatoms. The predicted molar refractivity (Wildman–Crippen MR) is 169 cm³/mol. The van der Waals surface area contributed by atoms with E-state index in [1.807, 2.05) is 6.82 Å². The summed E-state index contributed by atoms with van der Waals surface area (Å²) >= 11 is 0. The van der Waals surface area contributed by atoms with Gasteiger partial charge in [-0.3, -0.25) is 0 Å². The highest BCUT2D eigenvalue weighted by atomic mass is 31.2. The molecule has 0 spiro atoms. The zero-order chi connectivity index (χ0) is 25.9. The summed E-state index contributed by atoms with van der Waals surface area (Å²) in [5.41, 5.74) is 1.98. The van der Waals surface area contributed by atoms with Gasteiger partial charge in [-0.05, 0) is 89.6 Å². The molecule has 1 saturated heterocycles. The van der Waals surface area contributed by atoms with E-state index in [0.717, 1.165) is 30.4 Å². The van der Waals surface area contributed by atoms with E-state index in [0.29, 0.717) is 5.66 Å². The molecule has 2 aromatic rings. The molecule has 2 aromatic carbocycles. The van der Waals surface area contributed by atoms with Crippen LogP contribution in [-0.4, -0.2) is 67.7 Å². The highest BCUT2D eigenvalue weighted by Crippen LogP contribution is 2.74. The number of rotatable bonds is 8. The maximum Gasteiger partial charge on any atom is 0.377 e. The van der Waals surface area contributed by atoms with E-state index in [4.69, 9.17) is 15.1 Å². The van der Waals surface area contributed by atoms with Crippen LogP contribution < -0.4 is 10.6 Å². The van der Waals surface area contributed by atoms with Gasteiger partial charge < -0.3 is 9.83 Å². The second kappa shape index (κ2) is 12.3. The summed E-state index contributed by atoms with van der Waals surface area (Å²) in [5.74, 6) is 0. The molecule has 2 aliphatic carbocycles. The Labute approximate surface area is 230 Å². The molecule has 2 atom stereocenters. The molecule has 3 fully saturated rings. The van der Waals surface area contributed by atoms with E-state index in [1.54, 1.807) is 0 Å². The van der Waals surface area contributed by atoms with Crippen molar-refractivity contribution in [3.05, 3.63) is 60.7 Å². The van der Waals surface area contributed by atoms with E-state index >= 15 is 0 Å². The van der Waals surface area contributed by atoms with Crippen molar-refractivity contribution in [1.29, 1.82) is 0 Å². The number of hydrogen-bond acceptors (Lipinski definition) is 2. The molecule has 0 aromatic heterocycles. The van der Waals surface area contributed by atoms with E-state index in [-0.39, 0.29) is 6.04 Å². The Morgan fingerprint density at radius 2 is 1.22 bits per heavy atom. The van der Waals surface area contributed by atoms with Crippen LogP contribution in [0.2, 0.25) is 6.82 Å². The van der Waals surface area contributed by atoms with Crippen LogP contribution in [0.3, 0.4) is 0 Å². The monoisotopic (exact) mass is 529 g/mol. The second-order valence-corrected chi connectivity index (χ2v) is 19.2. The molecule has 37 heavy (non-hydrogen) atoms. The van der Waals surface area contributed by atoms with Crippen molar-refractivity contribution in [2.24, 2.45) is 0 Å². The van der Waals surface area contributed by atoms with Crippen LogP contribution in [0.5, 0.6) is 0 Å². The van der Waals surface area contributed by atoms with Gasteiger partial charge in [0.2, 0.25) is 0 Å². The minimum absolute atomic E-state index is 0.263. The highest BCUT2D eigenvalue weighted by molar-refractivity contribution is 8.08.